The molecule has 0 amide bonds. The Morgan fingerprint density at radius 2 is 2.19 bits per heavy atom. The molecular formula is C13H12N2O3S3. The summed E-state index contributed by atoms with van der Waals surface area (Å²) in [7, 11) is -3.53. The second-order valence-electron chi connectivity index (χ2n) is 4.27. The van der Waals surface area contributed by atoms with E-state index in [0.717, 1.165) is 15.6 Å². The van der Waals surface area contributed by atoms with E-state index in [-0.39, 0.29) is 10.8 Å². The Hall–Kier alpha value is -1.48. The van der Waals surface area contributed by atoms with Gasteiger partial charge in [-0.15, -0.1) is 22.7 Å². The molecule has 0 saturated heterocycles. The van der Waals surface area contributed by atoms with Crippen molar-refractivity contribution < 1.29 is 12.8 Å². The number of nitrogens with one attached hydrogen (secondary N) is 1. The Kier molecular flexibility index (Phi) is 3.94. The molecule has 0 bridgehead atoms. The highest BCUT2D eigenvalue weighted by Gasteiger charge is 2.18. The zero-order chi connectivity index (χ0) is 14.9. The number of aromatic nitrogens is 1. The minimum absolute atomic E-state index is 0.137. The smallest absolute Gasteiger partial charge is 0.250 e. The summed E-state index contributed by atoms with van der Waals surface area (Å²) in [6, 6.07) is 6.82. The van der Waals surface area contributed by atoms with Crippen molar-refractivity contribution in [1.82, 2.24) is 9.71 Å². The van der Waals surface area contributed by atoms with E-state index in [0.29, 0.717) is 5.76 Å². The fraction of sp³-hybridized carbons (Fsp3) is 0.154. The average Bonchev–Trinajstić information content (AvgIpc) is 3.17. The van der Waals surface area contributed by atoms with E-state index in [4.69, 9.17) is 4.42 Å². The van der Waals surface area contributed by atoms with Gasteiger partial charge in [0.15, 0.2) is 0 Å². The number of hydrogen-bond acceptors (Lipinski definition) is 6. The van der Waals surface area contributed by atoms with E-state index in [1.807, 2.05) is 12.3 Å². The van der Waals surface area contributed by atoms with Crippen LogP contribution in [0.1, 0.15) is 10.8 Å². The molecule has 0 spiro atoms. The lowest BCUT2D eigenvalue weighted by Crippen LogP contribution is -2.22. The van der Waals surface area contributed by atoms with Crippen molar-refractivity contribution >= 4 is 32.7 Å². The van der Waals surface area contributed by atoms with Gasteiger partial charge in [-0.05, 0) is 31.2 Å². The lowest BCUT2D eigenvalue weighted by Gasteiger charge is -2.02. The summed E-state index contributed by atoms with van der Waals surface area (Å²) in [5.41, 5.74) is 0.815. The highest BCUT2D eigenvalue weighted by Crippen LogP contribution is 2.31. The maximum Gasteiger partial charge on any atom is 0.250 e. The SMILES string of the molecule is Cc1nc(-c2ccc(S(=O)(=O)NCc3ccco3)s2)cs1. The van der Waals surface area contributed by atoms with Crippen LogP contribution in [0.4, 0.5) is 0 Å². The average molecular weight is 340 g/mol. The number of rotatable bonds is 5. The van der Waals surface area contributed by atoms with Crippen molar-refractivity contribution in [3.63, 3.8) is 0 Å². The van der Waals surface area contributed by atoms with Gasteiger partial charge in [0.2, 0.25) is 10.0 Å². The van der Waals surface area contributed by atoms with Crippen LogP contribution in [0.25, 0.3) is 10.6 Å². The van der Waals surface area contributed by atoms with Gasteiger partial charge in [-0.1, -0.05) is 0 Å². The van der Waals surface area contributed by atoms with Gasteiger partial charge < -0.3 is 4.42 Å². The van der Waals surface area contributed by atoms with E-state index < -0.39 is 10.0 Å². The molecule has 8 heteroatoms. The maximum absolute atomic E-state index is 12.2. The molecule has 3 aromatic rings. The third-order valence-electron chi connectivity index (χ3n) is 2.73. The van der Waals surface area contributed by atoms with Crippen LogP contribution in [-0.4, -0.2) is 13.4 Å². The van der Waals surface area contributed by atoms with Crippen LogP contribution < -0.4 is 4.72 Å². The van der Waals surface area contributed by atoms with Gasteiger partial charge in [0.05, 0.1) is 28.4 Å². The normalized spacial score (nSPS) is 11.9. The van der Waals surface area contributed by atoms with Crippen LogP contribution >= 0.6 is 22.7 Å². The van der Waals surface area contributed by atoms with E-state index in [1.165, 1.54) is 17.6 Å². The summed E-state index contributed by atoms with van der Waals surface area (Å²) < 4.78 is 32.3. The topological polar surface area (TPSA) is 72.2 Å². The number of furan rings is 1. The minimum atomic E-state index is -3.53. The second kappa shape index (κ2) is 5.72. The number of aryl methyl sites for hydroxylation is 1. The summed E-state index contributed by atoms with van der Waals surface area (Å²) >= 11 is 2.75. The third kappa shape index (κ3) is 3.24. The molecule has 0 aliphatic carbocycles. The number of nitrogens with zero attached hydrogens (tertiary/aromatic N) is 1. The summed E-state index contributed by atoms with van der Waals surface area (Å²) in [6.07, 6.45) is 1.51. The summed E-state index contributed by atoms with van der Waals surface area (Å²) in [4.78, 5) is 5.21. The van der Waals surface area contributed by atoms with Crippen molar-refractivity contribution in [2.24, 2.45) is 0 Å². The van der Waals surface area contributed by atoms with E-state index in [2.05, 4.69) is 9.71 Å². The molecule has 21 heavy (non-hydrogen) atoms. The molecular weight excluding hydrogens is 328 g/mol. The predicted octanol–water partition coefficient (Wildman–Crippen LogP) is 3.25. The first-order valence-corrected chi connectivity index (χ1v) is 9.27. The molecule has 0 fully saturated rings. The molecule has 1 N–H and O–H groups in total. The molecule has 110 valence electrons. The Bertz CT molecular complexity index is 832. The Morgan fingerprint density at radius 3 is 2.86 bits per heavy atom. The van der Waals surface area contributed by atoms with Crippen LogP contribution in [0.15, 0.2) is 44.5 Å². The monoisotopic (exact) mass is 340 g/mol. The molecule has 0 aliphatic heterocycles. The molecule has 5 nitrogen and oxygen atoms in total. The van der Waals surface area contributed by atoms with Gasteiger partial charge in [0.1, 0.15) is 9.97 Å². The maximum atomic E-state index is 12.2. The van der Waals surface area contributed by atoms with Crippen LogP contribution in [0, 0.1) is 6.92 Å². The van der Waals surface area contributed by atoms with Gasteiger partial charge in [0.25, 0.3) is 0 Å². The number of hydrogen-bond donors (Lipinski definition) is 1. The van der Waals surface area contributed by atoms with E-state index in [1.54, 1.807) is 35.6 Å². The molecule has 0 saturated carbocycles. The zero-order valence-electron chi connectivity index (χ0n) is 11.1. The summed E-state index contributed by atoms with van der Waals surface area (Å²) in [5.74, 6) is 0.575. The first-order chi connectivity index (χ1) is 10.0. The molecule has 0 unspecified atom stereocenters. The van der Waals surface area contributed by atoms with Crippen LogP contribution in [0.3, 0.4) is 0 Å². The van der Waals surface area contributed by atoms with Crippen LogP contribution in [-0.2, 0) is 16.6 Å². The van der Waals surface area contributed by atoms with E-state index >= 15 is 0 Å². The molecule has 3 rings (SSSR count). The number of sulfonamides is 1. The highest BCUT2D eigenvalue weighted by atomic mass is 32.2. The van der Waals surface area contributed by atoms with Crippen LogP contribution in [0.5, 0.6) is 0 Å². The van der Waals surface area contributed by atoms with Gasteiger partial charge in [0, 0.05) is 5.38 Å². The lowest BCUT2D eigenvalue weighted by atomic mass is 10.4. The molecule has 3 heterocycles. The number of thiazole rings is 1. The van der Waals surface area contributed by atoms with Gasteiger partial charge in [-0.25, -0.2) is 18.1 Å². The standard InChI is InChI=1S/C13H12N2O3S3/c1-9-15-11(8-19-9)12-4-5-13(20-12)21(16,17)14-7-10-3-2-6-18-10/h2-6,8,14H,7H2,1H3. The first-order valence-electron chi connectivity index (χ1n) is 6.09. The molecule has 3 aromatic heterocycles. The van der Waals surface area contributed by atoms with Gasteiger partial charge in [-0.2, -0.15) is 0 Å². The largest absolute Gasteiger partial charge is 0.468 e. The van der Waals surface area contributed by atoms with Crippen molar-refractivity contribution in [3.05, 3.63) is 46.7 Å². The fourth-order valence-corrected chi connectivity index (χ4v) is 4.72. The first kappa shape index (κ1) is 14.5. The van der Waals surface area contributed by atoms with Crippen molar-refractivity contribution in [2.45, 2.75) is 17.7 Å². The quantitative estimate of drug-likeness (QED) is 0.774. The Labute approximate surface area is 130 Å². The van der Waals surface area contributed by atoms with E-state index in [9.17, 15) is 8.42 Å². The Balaban J connectivity index is 1.78. The number of thiophene rings is 1. The lowest BCUT2D eigenvalue weighted by molar-refractivity contribution is 0.499. The highest BCUT2D eigenvalue weighted by molar-refractivity contribution is 7.91. The van der Waals surface area contributed by atoms with Crippen molar-refractivity contribution in [3.8, 4) is 10.6 Å². The zero-order valence-corrected chi connectivity index (χ0v) is 13.5. The predicted molar refractivity (Wildman–Crippen MR) is 82.9 cm³/mol. The van der Waals surface area contributed by atoms with Crippen LogP contribution in [0.2, 0.25) is 0 Å². The Morgan fingerprint density at radius 1 is 1.33 bits per heavy atom. The fourth-order valence-electron chi connectivity index (χ4n) is 1.73. The van der Waals surface area contributed by atoms with Gasteiger partial charge >= 0.3 is 0 Å². The van der Waals surface area contributed by atoms with Crippen molar-refractivity contribution in [2.75, 3.05) is 0 Å². The minimum Gasteiger partial charge on any atom is -0.468 e. The second-order valence-corrected chi connectivity index (χ2v) is 8.41. The molecule has 0 atom stereocenters. The van der Waals surface area contributed by atoms with Crippen molar-refractivity contribution in [1.29, 1.82) is 0 Å². The third-order valence-corrected chi connectivity index (χ3v) is 6.51. The van der Waals surface area contributed by atoms with Gasteiger partial charge in [-0.3, -0.25) is 0 Å². The molecule has 0 radical (unpaired) electrons. The summed E-state index contributed by atoms with van der Waals surface area (Å²) in [6.45, 7) is 2.06. The molecule has 0 aliphatic rings. The summed E-state index contributed by atoms with van der Waals surface area (Å²) in [5, 5.41) is 2.88. The molecule has 0 aromatic carbocycles.